The molecule has 0 bridgehead atoms. The Morgan fingerprint density at radius 3 is 2.44 bits per heavy atom. The van der Waals surface area contributed by atoms with Crippen molar-refractivity contribution in [3.8, 4) is 0 Å². The standard InChI is InChI=1S/C5H12O4/c1-8-2-3-9-4-5(6)7/h5-7H,2-4H2,1H3. The van der Waals surface area contributed by atoms with E-state index in [0.29, 0.717) is 13.2 Å². The first kappa shape index (κ1) is 8.84. The maximum atomic E-state index is 8.24. The van der Waals surface area contributed by atoms with Gasteiger partial charge in [0.25, 0.3) is 0 Å². The number of aliphatic hydroxyl groups excluding tert-OH is 1. The van der Waals surface area contributed by atoms with Crippen LogP contribution in [0.25, 0.3) is 0 Å². The summed E-state index contributed by atoms with van der Waals surface area (Å²) in [7, 11) is 1.55. The Bertz CT molecular complexity index is 54.9. The molecule has 0 aromatic rings. The number of hydrogen-bond acceptors (Lipinski definition) is 4. The van der Waals surface area contributed by atoms with Crippen LogP contribution >= 0.6 is 0 Å². The van der Waals surface area contributed by atoms with Crippen LogP contribution in [0.15, 0.2) is 0 Å². The van der Waals surface area contributed by atoms with Crippen molar-refractivity contribution >= 4 is 0 Å². The molecule has 0 aliphatic carbocycles. The molecule has 0 aliphatic rings. The number of hydrogen-bond donors (Lipinski definition) is 2. The van der Waals surface area contributed by atoms with Crippen molar-refractivity contribution in [1.29, 1.82) is 0 Å². The summed E-state index contributed by atoms with van der Waals surface area (Å²) in [5.41, 5.74) is 0. The highest BCUT2D eigenvalue weighted by atomic mass is 16.6. The van der Waals surface area contributed by atoms with Crippen LogP contribution in [0.1, 0.15) is 0 Å². The van der Waals surface area contributed by atoms with Gasteiger partial charge in [0.1, 0.15) is 0 Å². The quantitative estimate of drug-likeness (QED) is 0.374. The summed E-state index contributed by atoms with van der Waals surface area (Å²) in [6.07, 6.45) is -1.37. The molecule has 0 fully saturated rings. The molecule has 0 saturated carbocycles. The molecule has 0 heterocycles. The van der Waals surface area contributed by atoms with Gasteiger partial charge in [0.05, 0.1) is 19.8 Å². The maximum absolute atomic E-state index is 8.24. The van der Waals surface area contributed by atoms with Crippen molar-refractivity contribution in [3.63, 3.8) is 0 Å². The van der Waals surface area contributed by atoms with Crippen LogP contribution in [0.3, 0.4) is 0 Å². The van der Waals surface area contributed by atoms with Gasteiger partial charge in [0.15, 0.2) is 6.29 Å². The minimum absolute atomic E-state index is 0.0522. The lowest BCUT2D eigenvalue weighted by molar-refractivity contribution is -0.0990. The van der Waals surface area contributed by atoms with Crippen LogP contribution in [0.4, 0.5) is 0 Å². The fourth-order valence-corrected chi connectivity index (χ4v) is 0.331. The largest absolute Gasteiger partial charge is 0.382 e. The molecule has 4 heteroatoms. The predicted molar refractivity (Wildman–Crippen MR) is 30.9 cm³/mol. The molecule has 56 valence electrons. The maximum Gasteiger partial charge on any atom is 0.175 e. The summed E-state index contributed by atoms with van der Waals surface area (Å²) in [6.45, 7) is 0.824. The third-order valence-electron chi connectivity index (χ3n) is 0.699. The second kappa shape index (κ2) is 5.97. The fourth-order valence-electron chi connectivity index (χ4n) is 0.331. The Labute approximate surface area is 54.0 Å². The van der Waals surface area contributed by atoms with Gasteiger partial charge in [-0.15, -0.1) is 0 Å². The van der Waals surface area contributed by atoms with Gasteiger partial charge in [-0.05, 0) is 0 Å². The lowest BCUT2D eigenvalue weighted by atomic mass is 10.7. The van der Waals surface area contributed by atoms with E-state index < -0.39 is 6.29 Å². The lowest BCUT2D eigenvalue weighted by Gasteiger charge is -2.03. The topological polar surface area (TPSA) is 58.9 Å². The highest BCUT2D eigenvalue weighted by Gasteiger charge is 1.94. The van der Waals surface area contributed by atoms with Gasteiger partial charge in [-0.1, -0.05) is 0 Å². The molecule has 0 aromatic heterocycles. The van der Waals surface area contributed by atoms with Gasteiger partial charge in [-0.3, -0.25) is 0 Å². The Morgan fingerprint density at radius 1 is 1.33 bits per heavy atom. The summed E-state index contributed by atoms with van der Waals surface area (Å²) in [6, 6.07) is 0. The molecule has 4 nitrogen and oxygen atoms in total. The van der Waals surface area contributed by atoms with E-state index in [0.717, 1.165) is 0 Å². The minimum Gasteiger partial charge on any atom is -0.382 e. The fraction of sp³-hybridized carbons (Fsp3) is 1.00. The minimum atomic E-state index is -1.37. The van der Waals surface area contributed by atoms with Crippen molar-refractivity contribution in [1.82, 2.24) is 0 Å². The van der Waals surface area contributed by atoms with Crippen molar-refractivity contribution in [2.45, 2.75) is 6.29 Å². The molecule has 0 radical (unpaired) electrons. The average Bonchev–Trinajstić information content (AvgIpc) is 1.80. The number of ether oxygens (including phenoxy) is 2. The second-order valence-corrected chi connectivity index (χ2v) is 1.55. The van der Waals surface area contributed by atoms with E-state index in [4.69, 9.17) is 14.9 Å². The third kappa shape index (κ3) is 7.84. The van der Waals surface area contributed by atoms with Crippen LogP contribution in [0.2, 0.25) is 0 Å². The number of methoxy groups -OCH3 is 1. The molecule has 0 aromatic carbocycles. The van der Waals surface area contributed by atoms with Gasteiger partial charge in [-0.25, -0.2) is 0 Å². The lowest BCUT2D eigenvalue weighted by Crippen LogP contribution is -2.15. The van der Waals surface area contributed by atoms with Crippen LogP contribution in [0.5, 0.6) is 0 Å². The van der Waals surface area contributed by atoms with E-state index in [1.807, 2.05) is 0 Å². The van der Waals surface area contributed by atoms with Crippen LogP contribution in [-0.2, 0) is 9.47 Å². The van der Waals surface area contributed by atoms with E-state index in [2.05, 4.69) is 4.74 Å². The van der Waals surface area contributed by atoms with Crippen molar-refractivity contribution in [2.24, 2.45) is 0 Å². The van der Waals surface area contributed by atoms with Crippen molar-refractivity contribution < 1.29 is 19.7 Å². The van der Waals surface area contributed by atoms with Crippen LogP contribution in [-0.4, -0.2) is 43.4 Å². The molecule has 9 heavy (non-hydrogen) atoms. The number of rotatable bonds is 5. The molecular weight excluding hydrogens is 124 g/mol. The zero-order valence-corrected chi connectivity index (χ0v) is 5.41. The van der Waals surface area contributed by atoms with Gasteiger partial charge in [0.2, 0.25) is 0 Å². The predicted octanol–water partition coefficient (Wildman–Crippen LogP) is -1.04. The van der Waals surface area contributed by atoms with E-state index in [1.165, 1.54) is 0 Å². The molecule has 0 rings (SSSR count). The van der Waals surface area contributed by atoms with Crippen molar-refractivity contribution in [2.75, 3.05) is 26.9 Å². The summed E-state index contributed by atoms with van der Waals surface area (Å²) < 4.78 is 9.35. The van der Waals surface area contributed by atoms with Crippen molar-refractivity contribution in [3.05, 3.63) is 0 Å². The molecule has 2 N–H and O–H groups in total. The van der Waals surface area contributed by atoms with Gasteiger partial charge in [0, 0.05) is 7.11 Å². The molecule has 0 spiro atoms. The summed E-state index contributed by atoms with van der Waals surface area (Å²) in [4.78, 5) is 0. The van der Waals surface area contributed by atoms with Gasteiger partial charge in [-0.2, -0.15) is 0 Å². The molecular formula is C5H12O4. The Balaban J connectivity index is 2.75. The molecule has 0 aliphatic heterocycles. The highest BCUT2D eigenvalue weighted by molar-refractivity contribution is 4.31. The zero-order valence-electron chi connectivity index (χ0n) is 5.41. The van der Waals surface area contributed by atoms with Crippen LogP contribution < -0.4 is 0 Å². The third-order valence-corrected chi connectivity index (χ3v) is 0.699. The smallest absolute Gasteiger partial charge is 0.175 e. The number of aliphatic hydroxyl groups is 2. The van der Waals surface area contributed by atoms with E-state index >= 15 is 0 Å². The SMILES string of the molecule is COCCOCC(O)O. The first-order valence-electron chi connectivity index (χ1n) is 2.70. The zero-order chi connectivity index (χ0) is 7.11. The van der Waals surface area contributed by atoms with Gasteiger partial charge < -0.3 is 19.7 Å². The van der Waals surface area contributed by atoms with E-state index in [-0.39, 0.29) is 6.61 Å². The molecule has 0 atom stereocenters. The summed E-state index contributed by atoms with van der Waals surface area (Å²) in [5.74, 6) is 0. The first-order valence-corrected chi connectivity index (χ1v) is 2.70. The van der Waals surface area contributed by atoms with E-state index in [9.17, 15) is 0 Å². The monoisotopic (exact) mass is 136 g/mol. The normalized spacial score (nSPS) is 10.7. The average molecular weight is 136 g/mol. The Kier molecular flexibility index (Phi) is 5.86. The molecule has 0 unspecified atom stereocenters. The molecule has 0 saturated heterocycles. The highest BCUT2D eigenvalue weighted by Crippen LogP contribution is 1.78. The Morgan fingerprint density at radius 2 is 2.00 bits per heavy atom. The summed E-state index contributed by atoms with van der Waals surface area (Å²) >= 11 is 0. The first-order chi connectivity index (χ1) is 4.27. The van der Waals surface area contributed by atoms with Gasteiger partial charge >= 0.3 is 0 Å². The van der Waals surface area contributed by atoms with Crippen LogP contribution in [0, 0.1) is 0 Å². The Hall–Kier alpha value is -0.160. The second-order valence-electron chi connectivity index (χ2n) is 1.55. The summed E-state index contributed by atoms with van der Waals surface area (Å²) in [5, 5.41) is 16.5. The molecule has 0 amide bonds. The van der Waals surface area contributed by atoms with E-state index in [1.54, 1.807) is 7.11 Å².